The first-order valence-corrected chi connectivity index (χ1v) is 7.94. The fraction of sp³-hybridized carbons (Fsp3) is 0.867. The van der Waals surface area contributed by atoms with Crippen molar-refractivity contribution in [3.63, 3.8) is 0 Å². The van der Waals surface area contributed by atoms with Crippen LogP contribution >= 0.6 is 0 Å². The Morgan fingerprint density at radius 3 is 2.85 bits per heavy atom. The molecule has 2 amide bonds. The molecule has 0 bridgehead atoms. The maximum absolute atomic E-state index is 12.7. The molecule has 2 N–H and O–H groups in total. The summed E-state index contributed by atoms with van der Waals surface area (Å²) in [6, 6.07) is 0.157. The van der Waals surface area contributed by atoms with Crippen LogP contribution < -0.4 is 10.6 Å². The van der Waals surface area contributed by atoms with Crippen molar-refractivity contribution in [2.24, 2.45) is 11.8 Å². The molecule has 20 heavy (non-hydrogen) atoms. The molecule has 2 saturated heterocycles. The van der Waals surface area contributed by atoms with Crippen LogP contribution in [0.1, 0.15) is 39.0 Å². The van der Waals surface area contributed by atoms with Crippen molar-refractivity contribution in [2.45, 2.75) is 51.1 Å². The summed E-state index contributed by atoms with van der Waals surface area (Å²) in [6.45, 7) is 4.06. The third kappa shape index (κ3) is 2.68. The molecular formula is C15H25N3O2. The molecule has 0 aromatic rings. The molecule has 0 spiro atoms. The van der Waals surface area contributed by atoms with Crippen LogP contribution in [0.2, 0.25) is 0 Å². The topological polar surface area (TPSA) is 61.4 Å². The summed E-state index contributed by atoms with van der Waals surface area (Å²) < 4.78 is 0. The van der Waals surface area contributed by atoms with Gasteiger partial charge in [-0.05, 0) is 44.1 Å². The zero-order valence-corrected chi connectivity index (χ0v) is 12.2. The summed E-state index contributed by atoms with van der Waals surface area (Å²) in [5.74, 6) is 1.51. The summed E-state index contributed by atoms with van der Waals surface area (Å²) in [5.41, 5.74) is 0. The maximum Gasteiger partial charge on any atom is 0.240 e. The second kappa shape index (κ2) is 5.72. The van der Waals surface area contributed by atoms with Crippen LogP contribution in [0.15, 0.2) is 0 Å². The number of rotatable bonds is 2. The number of nitrogens with zero attached hydrogens (tertiary/aromatic N) is 1. The van der Waals surface area contributed by atoms with Crippen LogP contribution in [-0.4, -0.2) is 48.4 Å². The number of hydrogen-bond acceptors (Lipinski definition) is 3. The van der Waals surface area contributed by atoms with Crippen LogP contribution in [0.3, 0.4) is 0 Å². The minimum atomic E-state index is -0.000790. The van der Waals surface area contributed by atoms with Crippen molar-refractivity contribution in [1.82, 2.24) is 15.5 Å². The van der Waals surface area contributed by atoms with Crippen molar-refractivity contribution in [1.29, 1.82) is 0 Å². The molecule has 0 aromatic carbocycles. The average Bonchev–Trinajstić information content (AvgIpc) is 2.99. The summed E-state index contributed by atoms with van der Waals surface area (Å²) in [4.78, 5) is 25.9. The lowest BCUT2D eigenvalue weighted by Gasteiger charge is -2.35. The molecular weight excluding hydrogens is 254 g/mol. The highest BCUT2D eigenvalue weighted by molar-refractivity contribution is 5.83. The van der Waals surface area contributed by atoms with Gasteiger partial charge >= 0.3 is 0 Å². The molecule has 112 valence electrons. The van der Waals surface area contributed by atoms with E-state index in [9.17, 15) is 9.59 Å². The van der Waals surface area contributed by atoms with Gasteiger partial charge in [0.25, 0.3) is 0 Å². The van der Waals surface area contributed by atoms with Gasteiger partial charge < -0.3 is 15.5 Å². The van der Waals surface area contributed by atoms with E-state index in [1.807, 2.05) is 4.90 Å². The highest BCUT2D eigenvalue weighted by atomic mass is 16.2. The zero-order valence-electron chi connectivity index (χ0n) is 12.2. The molecule has 3 rings (SSSR count). The van der Waals surface area contributed by atoms with Crippen LogP contribution in [0.4, 0.5) is 0 Å². The minimum Gasteiger partial charge on any atom is -0.352 e. The second-order valence-electron chi connectivity index (χ2n) is 6.56. The van der Waals surface area contributed by atoms with E-state index in [0.717, 1.165) is 25.9 Å². The van der Waals surface area contributed by atoms with E-state index in [1.54, 1.807) is 6.92 Å². The number of amides is 2. The van der Waals surface area contributed by atoms with Gasteiger partial charge in [-0.15, -0.1) is 0 Å². The molecule has 4 unspecified atom stereocenters. The molecule has 5 heteroatoms. The normalized spacial score (nSPS) is 36.8. The van der Waals surface area contributed by atoms with Gasteiger partial charge in [-0.1, -0.05) is 6.42 Å². The highest BCUT2D eigenvalue weighted by Crippen LogP contribution is 2.38. The average molecular weight is 279 g/mol. The van der Waals surface area contributed by atoms with E-state index in [4.69, 9.17) is 0 Å². The largest absolute Gasteiger partial charge is 0.352 e. The fourth-order valence-electron chi connectivity index (χ4n) is 4.24. The standard InChI is InChI=1S/C15H25N3O2/c1-10(19)17-12-5-3-7-18(9-12)15(20)14-13-6-2-4-11(13)8-16-14/h11-14,16H,2-9H2,1H3,(H,17,19). The molecule has 3 fully saturated rings. The predicted molar refractivity (Wildman–Crippen MR) is 76.0 cm³/mol. The van der Waals surface area contributed by atoms with Gasteiger partial charge in [0.1, 0.15) is 0 Å². The molecule has 2 heterocycles. The van der Waals surface area contributed by atoms with Crippen molar-refractivity contribution >= 4 is 11.8 Å². The van der Waals surface area contributed by atoms with Crippen molar-refractivity contribution in [3.05, 3.63) is 0 Å². The number of fused-ring (bicyclic) bond motifs is 1. The Labute approximate surface area is 120 Å². The lowest BCUT2D eigenvalue weighted by molar-refractivity contribution is -0.136. The third-order valence-corrected chi connectivity index (χ3v) is 5.15. The number of piperidine rings is 1. The fourth-order valence-corrected chi connectivity index (χ4v) is 4.24. The Kier molecular flexibility index (Phi) is 3.96. The van der Waals surface area contributed by atoms with Gasteiger partial charge in [0.2, 0.25) is 11.8 Å². The predicted octanol–water partition coefficient (Wildman–Crippen LogP) is 0.502. The summed E-state index contributed by atoms with van der Waals surface area (Å²) >= 11 is 0. The Morgan fingerprint density at radius 2 is 2.05 bits per heavy atom. The SMILES string of the molecule is CC(=O)NC1CCCN(C(=O)C2NCC3CCCC32)C1. The molecule has 3 aliphatic rings. The maximum atomic E-state index is 12.7. The summed E-state index contributed by atoms with van der Waals surface area (Å²) in [7, 11) is 0. The molecule has 1 saturated carbocycles. The first kappa shape index (κ1) is 13.9. The van der Waals surface area contributed by atoms with E-state index in [0.29, 0.717) is 18.4 Å². The van der Waals surface area contributed by atoms with Crippen LogP contribution in [0.25, 0.3) is 0 Å². The lowest BCUT2D eigenvalue weighted by Crippen LogP contribution is -2.54. The molecule has 1 aliphatic carbocycles. The Balaban J connectivity index is 1.60. The number of likely N-dealkylation sites (tertiary alicyclic amines) is 1. The van der Waals surface area contributed by atoms with Crippen molar-refractivity contribution < 1.29 is 9.59 Å². The van der Waals surface area contributed by atoms with Crippen molar-refractivity contribution in [2.75, 3.05) is 19.6 Å². The summed E-state index contributed by atoms with van der Waals surface area (Å²) in [5, 5.41) is 6.38. The van der Waals surface area contributed by atoms with E-state index >= 15 is 0 Å². The molecule has 0 aromatic heterocycles. The van der Waals surface area contributed by atoms with Gasteiger partial charge in [-0.2, -0.15) is 0 Å². The van der Waals surface area contributed by atoms with E-state index < -0.39 is 0 Å². The Hall–Kier alpha value is -1.10. The first-order valence-electron chi connectivity index (χ1n) is 7.94. The highest BCUT2D eigenvalue weighted by Gasteiger charge is 2.44. The van der Waals surface area contributed by atoms with Crippen LogP contribution in [-0.2, 0) is 9.59 Å². The number of hydrogen-bond donors (Lipinski definition) is 2. The smallest absolute Gasteiger partial charge is 0.240 e. The van der Waals surface area contributed by atoms with E-state index in [1.165, 1.54) is 19.3 Å². The quantitative estimate of drug-likeness (QED) is 0.774. The molecule has 0 radical (unpaired) electrons. The minimum absolute atomic E-state index is 0.000790. The van der Waals surface area contributed by atoms with E-state index in [-0.39, 0.29) is 23.9 Å². The zero-order chi connectivity index (χ0) is 14.1. The van der Waals surface area contributed by atoms with E-state index in [2.05, 4.69) is 10.6 Å². The second-order valence-corrected chi connectivity index (χ2v) is 6.56. The first-order chi connectivity index (χ1) is 9.65. The Bertz CT molecular complexity index is 399. The molecule has 5 nitrogen and oxygen atoms in total. The van der Waals surface area contributed by atoms with Crippen LogP contribution in [0, 0.1) is 11.8 Å². The molecule has 4 atom stereocenters. The van der Waals surface area contributed by atoms with Gasteiger partial charge in [-0.3, -0.25) is 9.59 Å². The van der Waals surface area contributed by atoms with Gasteiger partial charge in [0.15, 0.2) is 0 Å². The van der Waals surface area contributed by atoms with Gasteiger partial charge in [0.05, 0.1) is 6.04 Å². The number of nitrogens with one attached hydrogen (secondary N) is 2. The van der Waals surface area contributed by atoms with Crippen molar-refractivity contribution in [3.8, 4) is 0 Å². The number of carbonyl (C=O) groups excluding carboxylic acids is 2. The third-order valence-electron chi connectivity index (χ3n) is 5.15. The summed E-state index contributed by atoms with van der Waals surface area (Å²) in [6.07, 6.45) is 5.70. The van der Waals surface area contributed by atoms with Gasteiger partial charge in [-0.25, -0.2) is 0 Å². The van der Waals surface area contributed by atoms with Crippen LogP contribution in [0.5, 0.6) is 0 Å². The monoisotopic (exact) mass is 279 g/mol. The Morgan fingerprint density at radius 1 is 1.20 bits per heavy atom. The van der Waals surface area contributed by atoms with Gasteiger partial charge in [0, 0.05) is 26.1 Å². The lowest BCUT2D eigenvalue weighted by atomic mass is 9.92. The molecule has 2 aliphatic heterocycles. The number of carbonyl (C=O) groups is 2.